The van der Waals surface area contributed by atoms with Crippen LogP contribution in [0.3, 0.4) is 0 Å². The van der Waals surface area contributed by atoms with Crippen molar-refractivity contribution in [2.75, 3.05) is 0 Å². The quantitative estimate of drug-likeness (QED) is 0.444. The van der Waals surface area contributed by atoms with E-state index < -0.39 is 0 Å². The van der Waals surface area contributed by atoms with Crippen LogP contribution in [0.25, 0.3) is 0 Å². The first-order valence-electron chi connectivity index (χ1n) is 6.40. The SMILES string of the molecule is CCCCCCCCCc1ccsc1C=O. The van der Waals surface area contributed by atoms with Gasteiger partial charge in [-0.3, -0.25) is 4.79 Å². The number of rotatable bonds is 9. The summed E-state index contributed by atoms with van der Waals surface area (Å²) in [5, 5.41) is 2.01. The van der Waals surface area contributed by atoms with Crippen molar-refractivity contribution in [3.63, 3.8) is 0 Å². The summed E-state index contributed by atoms with van der Waals surface area (Å²) in [5.74, 6) is 0. The number of thiophene rings is 1. The van der Waals surface area contributed by atoms with Crippen molar-refractivity contribution in [1.82, 2.24) is 0 Å². The molecule has 0 spiro atoms. The maximum atomic E-state index is 10.7. The molecule has 0 aliphatic carbocycles. The Bertz CT molecular complexity index is 291. The van der Waals surface area contributed by atoms with Gasteiger partial charge < -0.3 is 0 Å². The highest BCUT2D eigenvalue weighted by atomic mass is 32.1. The second-order valence-electron chi connectivity index (χ2n) is 4.30. The van der Waals surface area contributed by atoms with Gasteiger partial charge in [0.05, 0.1) is 4.88 Å². The second-order valence-corrected chi connectivity index (χ2v) is 5.25. The number of carbonyl (C=O) groups excluding carboxylic acids is 1. The van der Waals surface area contributed by atoms with E-state index in [1.807, 2.05) is 5.38 Å². The summed E-state index contributed by atoms with van der Waals surface area (Å²) in [6.45, 7) is 2.25. The molecular formula is C14H22OS. The van der Waals surface area contributed by atoms with Crippen LogP contribution < -0.4 is 0 Å². The third kappa shape index (κ3) is 4.93. The average molecular weight is 238 g/mol. The summed E-state index contributed by atoms with van der Waals surface area (Å²) in [4.78, 5) is 11.6. The summed E-state index contributed by atoms with van der Waals surface area (Å²) >= 11 is 1.56. The van der Waals surface area contributed by atoms with Gasteiger partial charge in [-0.1, -0.05) is 45.4 Å². The van der Waals surface area contributed by atoms with Crippen molar-refractivity contribution in [3.8, 4) is 0 Å². The first-order chi connectivity index (χ1) is 7.88. The molecule has 1 rings (SSSR count). The molecule has 0 unspecified atom stereocenters. The van der Waals surface area contributed by atoms with Crippen LogP contribution >= 0.6 is 11.3 Å². The number of unbranched alkanes of at least 4 members (excludes halogenated alkanes) is 6. The molecule has 0 saturated carbocycles. The standard InChI is InChI=1S/C14H22OS/c1-2-3-4-5-6-7-8-9-13-10-11-16-14(13)12-15/h10-12H,2-9H2,1H3. The van der Waals surface area contributed by atoms with Crippen molar-refractivity contribution in [2.24, 2.45) is 0 Å². The van der Waals surface area contributed by atoms with Crippen LogP contribution in [0.4, 0.5) is 0 Å². The minimum Gasteiger partial charge on any atom is -0.297 e. The van der Waals surface area contributed by atoms with Gasteiger partial charge in [-0.15, -0.1) is 11.3 Å². The molecule has 0 aromatic carbocycles. The summed E-state index contributed by atoms with van der Waals surface area (Å²) < 4.78 is 0. The van der Waals surface area contributed by atoms with Gasteiger partial charge in [0.25, 0.3) is 0 Å². The number of carbonyl (C=O) groups is 1. The van der Waals surface area contributed by atoms with Crippen LogP contribution in [-0.4, -0.2) is 6.29 Å². The van der Waals surface area contributed by atoms with Crippen LogP contribution in [0.2, 0.25) is 0 Å². The monoisotopic (exact) mass is 238 g/mol. The van der Waals surface area contributed by atoms with E-state index >= 15 is 0 Å². The molecule has 1 aromatic heterocycles. The minimum atomic E-state index is 0.922. The molecule has 16 heavy (non-hydrogen) atoms. The van der Waals surface area contributed by atoms with E-state index in [0.29, 0.717) is 0 Å². The summed E-state index contributed by atoms with van der Waals surface area (Å²) in [7, 11) is 0. The Morgan fingerprint density at radius 3 is 2.50 bits per heavy atom. The fourth-order valence-corrected chi connectivity index (χ4v) is 2.69. The van der Waals surface area contributed by atoms with Crippen LogP contribution in [0, 0.1) is 0 Å². The lowest BCUT2D eigenvalue weighted by Crippen LogP contribution is -1.88. The molecule has 0 fully saturated rings. The van der Waals surface area contributed by atoms with Gasteiger partial charge in [0.15, 0.2) is 6.29 Å². The van der Waals surface area contributed by atoms with E-state index in [4.69, 9.17) is 0 Å². The predicted molar refractivity (Wildman–Crippen MR) is 71.4 cm³/mol. The van der Waals surface area contributed by atoms with Gasteiger partial charge in [-0.05, 0) is 29.9 Å². The van der Waals surface area contributed by atoms with E-state index in [9.17, 15) is 4.79 Å². The van der Waals surface area contributed by atoms with E-state index in [-0.39, 0.29) is 0 Å². The zero-order valence-corrected chi connectivity index (χ0v) is 11.0. The molecule has 0 saturated heterocycles. The Morgan fingerprint density at radius 2 is 1.81 bits per heavy atom. The lowest BCUT2D eigenvalue weighted by atomic mass is 10.1. The third-order valence-electron chi connectivity index (χ3n) is 2.94. The van der Waals surface area contributed by atoms with Crippen molar-refractivity contribution in [2.45, 2.75) is 58.3 Å². The molecular weight excluding hydrogens is 216 g/mol. The summed E-state index contributed by atoms with van der Waals surface area (Å²) in [6, 6.07) is 2.09. The van der Waals surface area contributed by atoms with E-state index in [1.54, 1.807) is 11.3 Å². The van der Waals surface area contributed by atoms with Gasteiger partial charge in [0.1, 0.15) is 0 Å². The Morgan fingerprint density at radius 1 is 1.12 bits per heavy atom. The van der Waals surface area contributed by atoms with E-state index in [1.165, 1.54) is 50.5 Å². The lowest BCUT2D eigenvalue weighted by Gasteiger charge is -2.01. The van der Waals surface area contributed by atoms with Gasteiger partial charge in [-0.2, -0.15) is 0 Å². The fraction of sp³-hybridized carbons (Fsp3) is 0.643. The van der Waals surface area contributed by atoms with E-state index in [2.05, 4.69) is 13.0 Å². The van der Waals surface area contributed by atoms with Crippen LogP contribution in [0.15, 0.2) is 11.4 Å². The first kappa shape index (κ1) is 13.4. The van der Waals surface area contributed by atoms with Crippen molar-refractivity contribution in [3.05, 3.63) is 21.9 Å². The molecule has 0 aliphatic heterocycles. The van der Waals surface area contributed by atoms with Gasteiger partial charge in [0.2, 0.25) is 0 Å². The molecule has 0 radical (unpaired) electrons. The molecule has 0 N–H and O–H groups in total. The second kappa shape index (κ2) is 8.51. The lowest BCUT2D eigenvalue weighted by molar-refractivity contribution is 0.112. The van der Waals surface area contributed by atoms with Crippen LogP contribution in [-0.2, 0) is 6.42 Å². The van der Waals surface area contributed by atoms with Crippen molar-refractivity contribution >= 4 is 17.6 Å². The molecule has 0 atom stereocenters. The zero-order chi connectivity index (χ0) is 11.6. The number of aldehydes is 1. The maximum Gasteiger partial charge on any atom is 0.160 e. The van der Waals surface area contributed by atoms with Crippen molar-refractivity contribution in [1.29, 1.82) is 0 Å². The molecule has 0 bridgehead atoms. The maximum absolute atomic E-state index is 10.7. The molecule has 0 amide bonds. The predicted octanol–water partition coefficient (Wildman–Crippen LogP) is 4.85. The molecule has 90 valence electrons. The summed E-state index contributed by atoms with van der Waals surface area (Å²) in [5.41, 5.74) is 1.24. The molecule has 1 aromatic rings. The van der Waals surface area contributed by atoms with Gasteiger partial charge in [0, 0.05) is 0 Å². The number of hydrogen-bond acceptors (Lipinski definition) is 2. The molecule has 1 heterocycles. The highest BCUT2D eigenvalue weighted by Crippen LogP contribution is 2.17. The van der Waals surface area contributed by atoms with E-state index in [0.717, 1.165) is 17.6 Å². The summed E-state index contributed by atoms with van der Waals surface area (Å²) in [6.07, 6.45) is 11.4. The normalized spacial score (nSPS) is 10.6. The van der Waals surface area contributed by atoms with Crippen molar-refractivity contribution < 1.29 is 4.79 Å². The third-order valence-corrected chi connectivity index (χ3v) is 3.82. The number of aryl methyl sites for hydroxylation is 1. The molecule has 2 heteroatoms. The average Bonchev–Trinajstić information content (AvgIpc) is 2.75. The highest BCUT2D eigenvalue weighted by Gasteiger charge is 2.02. The van der Waals surface area contributed by atoms with Crippen LogP contribution in [0.5, 0.6) is 0 Å². The molecule has 1 nitrogen and oxygen atoms in total. The Kier molecular flexibility index (Phi) is 7.15. The highest BCUT2D eigenvalue weighted by molar-refractivity contribution is 7.11. The zero-order valence-electron chi connectivity index (χ0n) is 10.2. The number of hydrogen-bond donors (Lipinski definition) is 0. The topological polar surface area (TPSA) is 17.1 Å². The Labute approximate surface area is 103 Å². The molecule has 0 aliphatic rings. The largest absolute Gasteiger partial charge is 0.297 e. The minimum absolute atomic E-state index is 0.922. The fourth-order valence-electron chi connectivity index (χ4n) is 1.93. The van der Waals surface area contributed by atoms with Gasteiger partial charge >= 0.3 is 0 Å². The van der Waals surface area contributed by atoms with Gasteiger partial charge in [-0.25, -0.2) is 0 Å². The first-order valence-corrected chi connectivity index (χ1v) is 7.28. The van der Waals surface area contributed by atoms with Crippen LogP contribution in [0.1, 0.15) is 67.1 Å². The smallest absolute Gasteiger partial charge is 0.160 e. The Hall–Kier alpha value is -0.630. The Balaban J connectivity index is 2.05.